The lowest BCUT2D eigenvalue weighted by Gasteiger charge is -2.24. The van der Waals surface area contributed by atoms with Gasteiger partial charge >= 0.3 is 0 Å². The van der Waals surface area contributed by atoms with E-state index in [1.807, 2.05) is 0 Å². The highest BCUT2D eigenvalue weighted by Crippen LogP contribution is 2.33. The Morgan fingerprint density at radius 3 is 3.00 bits per heavy atom. The van der Waals surface area contributed by atoms with Gasteiger partial charge in [-0.05, 0) is 37.3 Å². The summed E-state index contributed by atoms with van der Waals surface area (Å²) in [5, 5.41) is 6.08. The van der Waals surface area contributed by atoms with E-state index in [4.69, 9.17) is 0 Å². The lowest BCUT2D eigenvalue weighted by molar-refractivity contribution is -0.117. The topological polar surface area (TPSA) is 54.0 Å². The van der Waals surface area contributed by atoms with E-state index in [2.05, 4.69) is 15.6 Å². The van der Waals surface area contributed by atoms with Crippen molar-refractivity contribution in [3.05, 3.63) is 24.1 Å². The van der Waals surface area contributed by atoms with Gasteiger partial charge in [-0.2, -0.15) is 4.39 Å². The summed E-state index contributed by atoms with van der Waals surface area (Å²) in [4.78, 5) is 15.8. The second kappa shape index (κ2) is 5.25. The molecule has 3 atom stereocenters. The van der Waals surface area contributed by atoms with Crippen LogP contribution in [0.2, 0.25) is 0 Å². The lowest BCUT2D eigenvalue weighted by atomic mass is 9.85. The van der Waals surface area contributed by atoms with Crippen molar-refractivity contribution in [3.63, 3.8) is 0 Å². The molecule has 2 N–H and O–H groups in total. The van der Waals surface area contributed by atoms with Crippen LogP contribution in [-0.2, 0) is 4.79 Å². The number of halogens is 1. The second-order valence-electron chi connectivity index (χ2n) is 5.44. The molecule has 1 aromatic rings. The molecule has 1 saturated carbocycles. The lowest BCUT2D eigenvalue weighted by Crippen LogP contribution is -2.40. The molecule has 3 unspecified atom stereocenters. The second-order valence-corrected chi connectivity index (χ2v) is 5.44. The van der Waals surface area contributed by atoms with Crippen LogP contribution >= 0.6 is 0 Å². The van der Waals surface area contributed by atoms with Crippen LogP contribution in [0.25, 0.3) is 0 Å². The van der Waals surface area contributed by atoms with Crippen molar-refractivity contribution in [2.45, 2.75) is 44.2 Å². The molecule has 19 heavy (non-hydrogen) atoms. The predicted octanol–water partition coefficient (Wildman–Crippen LogP) is 2.08. The summed E-state index contributed by atoms with van der Waals surface area (Å²) < 4.78 is 13.0. The first-order chi connectivity index (χ1) is 9.22. The molecule has 0 spiro atoms. The Bertz CT molecular complexity index is 466. The molecule has 3 rings (SSSR count). The van der Waals surface area contributed by atoms with Crippen molar-refractivity contribution in [2.24, 2.45) is 5.92 Å². The van der Waals surface area contributed by atoms with Gasteiger partial charge in [-0.1, -0.05) is 18.9 Å². The quantitative estimate of drug-likeness (QED) is 0.803. The van der Waals surface area contributed by atoms with Crippen LogP contribution in [0.15, 0.2) is 18.2 Å². The molecule has 4 nitrogen and oxygen atoms in total. The van der Waals surface area contributed by atoms with Gasteiger partial charge in [0.15, 0.2) is 0 Å². The number of carbonyl (C=O) groups excluding carboxylic acids is 1. The third kappa shape index (κ3) is 2.76. The van der Waals surface area contributed by atoms with E-state index in [-0.39, 0.29) is 17.8 Å². The van der Waals surface area contributed by atoms with Crippen molar-refractivity contribution in [3.8, 4) is 0 Å². The molecule has 1 aromatic heterocycles. The highest BCUT2D eigenvalue weighted by Gasteiger charge is 2.38. The first-order valence-electron chi connectivity index (χ1n) is 6.92. The smallest absolute Gasteiger partial charge is 0.242 e. The van der Waals surface area contributed by atoms with Gasteiger partial charge in [0, 0.05) is 6.04 Å². The maximum Gasteiger partial charge on any atom is 0.242 e. The van der Waals surface area contributed by atoms with Crippen LogP contribution in [0.5, 0.6) is 0 Å². The van der Waals surface area contributed by atoms with Crippen LogP contribution in [0.4, 0.5) is 10.2 Å². The third-order valence-electron chi connectivity index (χ3n) is 4.15. The molecule has 2 fully saturated rings. The highest BCUT2D eigenvalue weighted by molar-refractivity contribution is 5.94. The number of amides is 1. The Morgan fingerprint density at radius 2 is 2.21 bits per heavy atom. The summed E-state index contributed by atoms with van der Waals surface area (Å²) >= 11 is 0. The van der Waals surface area contributed by atoms with E-state index in [0.29, 0.717) is 12.0 Å². The van der Waals surface area contributed by atoms with E-state index < -0.39 is 5.95 Å². The Balaban J connectivity index is 1.62. The zero-order valence-corrected chi connectivity index (χ0v) is 10.7. The first-order valence-corrected chi connectivity index (χ1v) is 6.92. The number of hydrogen-bond donors (Lipinski definition) is 2. The zero-order valence-electron chi connectivity index (χ0n) is 10.7. The average molecular weight is 263 g/mol. The first kappa shape index (κ1) is 12.5. The van der Waals surface area contributed by atoms with Gasteiger partial charge in [0.25, 0.3) is 0 Å². The van der Waals surface area contributed by atoms with Crippen molar-refractivity contribution in [1.29, 1.82) is 0 Å². The molecule has 2 heterocycles. The molecule has 1 aliphatic carbocycles. The number of nitrogens with zero attached hydrogens (tertiary/aromatic N) is 1. The summed E-state index contributed by atoms with van der Waals surface area (Å²) in [6.45, 7) is 0. The molecular weight excluding hydrogens is 245 g/mol. The molecular formula is C14H18FN3O. The average Bonchev–Trinajstić information content (AvgIpc) is 2.82. The molecule has 1 saturated heterocycles. The monoisotopic (exact) mass is 263 g/mol. The number of rotatable bonds is 2. The van der Waals surface area contributed by atoms with Gasteiger partial charge in [0.05, 0.1) is 6.04 Å². The summed E-state index contributed by atoms with van der Waals surface area (Å²) in [5.74, 6) is 0.213. The van der Waals surface area contributed by atoms with E-state index in [1.54, 1.807) is 12.1 Å². The van der Waals surface area contributed by atoms with E-state index in [9.17, 15) is 9.18 Å². The Kier molecular flexibility index (Phi) is 3.46. The molecule has 5 heteroatoms. The van der Waals surface area contributed by atoms with Crippen LogP contribution in [0.3, 0.4) is 0 Å². The van der Waals surface area contributed by atoms with Crippen LogP contribution in [0, 0.1) is 11.9 Å². The van der Waals surface area contributed by atoms with Crippen LogP contribution < -0.4 is 10.6 Å². The minimum absolute atomic E-state index is 0.104. The molecule has 102 valence electrons. The summed E-state index contributed by atoms with van der Waals surface area (Å²) in [6, 6.07) is 4.71. The Morgan fingerprint density at radius 1 is 1.37 bits per heavy atom. The van der Waals surface area contributed by atoms with Crippen molar-refractivity contribution in [1.82, 2.24) is 10.3 Å². The highest BCUT2D eigenvalue weighted by atomic mass is 19.1. The SMILES string of the molecule is O=C(Nc1cccc(F)n1)C1CC2CCCCC2N1. The number of carbonyl (C=O) groups is 1. The van der Waals surface area contributed by atoms with Gasteiger partial charge in [-0.25, -0.2) is 4.98 Å². The van der Waals surface area contributed by atoms with Gasteiger partial charge in [0.2, 0.25) is 11.9 Å². The van der Waals surface area contributed by atoms with E-state index in [1.165, 1.54) is 25.3 Å². The van der Waals surface area contributed by atoms with Crippen LogP contribution in [0.1, 0.15) is 32.1 Å². The minimum Gasteiger partial charge on any atom is -0.309 e. The van der Waals surface area contributed by atoms with Gasteiger partial charge < -0.3 is 10.6 Å². The third-order valence-corrected chi connectivity index (χ3v) is 4.15. The number of hydrogen-bond acceptors (Lipinski definition) is 3. The summed E-state index contributed by atoms with van der Waals surface area (Å²) in [5.41, 5.74) is 0. The summed E-state index contributed by atoms with van der Waals surface area (Å²) in [7, 11) is 0. The van der Waals surface area contributed by atoms with Crippen LogP contribution in [-0.4, -0.2) is 23.0 Å². The number of aromatic nitrogens is 1. The van der Waals surface area contributed by atoms with Gasteiger partial charge in [0.1, 0.15) is 5.82 Å². The maximum atomic E-state index is 13.0. The van der Waals surface area contributed by atoms with E-state index >= 15 is 0 Å². The standard InChI is InChI=1S/C14H18FN3O/c15-12-6-3-7-13(17-12)18-14(19)11-8-9-4-1-2-5-10(9)16-11/h3,6-7,9-11,16H,1-2,4-5,8H2,(H,17,18,19). The largest absolute Gasteiger partial charge is 0.309 e. The van der Waals surface area contributed by atoms with Crippen molar-refractivity contribution < 1.29 is 9.18 Å². The number of anilines is 1. The number of pyridine rings is 1. The molecule has 2 aliphatic rings. The predicted molar refractivity (Wildman–Crippen MR) is 70.1 cm³/mol. The number of fused-ring (bicyclic) bond motifs is 1. The van der Waals surface area contributed by atoms with Gasteiger partial charge in [-0.3, -0.25) is 4.79 Å². The zero-order chi connectivity index (χ0) is 13.2. The molecule has 1 aliphatic heterocycles. The fourth-order valence-electron chi connectivity index (χ4n) is 3.21. The normalized spacial score (nSPS) is 29.8. The fourth-order valence-corrected chi connectivity index (χ4v) is 3.21. The molecule has 0 bridgehead atoms. The van der Waals surface area contributed by atoms with Crippen molar-refractivity contribution >= 4 is 11.7 Å². The minimum atomic E-state index is -0.578. The summed E-state index contributed by atoms with van der Waals surface area (Å²) in [6.07, 6.45) is 5.76. The van der Waals surface area contributed by atoms with Gasteiger partial charge in [-0.15, -0.1) is 0 Å². The van der Waals surface area contributed by atoms with E-state index in [0.717, 1.165) is 12.8 Å². The van der Waals surface area contributed by atoms with Crippen molar-refractivity contribution in [2.75, 3.05) is 5.32 Å². The number of nitrogens with one attached hydrogen (secondary N) is 2. The molecule has 0 aromatic carbocycles. The molecule has 1 amide bonds. The maximum absolute atomic E-state index is 13.0. The Hall–Kier alpha value is -1.49. The fraction of sp³-hybridized carbons (Fsp3) is 0.571. The Labute approximate surface area is 111 Å². The molecule has 0 radical (unpaired) electrons.